The number of allylic oxidation sites excluding steroid dienone is 2. The molecule has 4 heteroatoms. The van der Waals surface area contributed by atoms with Gasteiger partial charge in [0, 0.05) is 16.7 Å². The Morgan fingerprint density at radius 1 is 1.32 bits per heavy atom. The molecule has 0 saturated heterocycles. The molecule has 0 spiro atoms. The van der Waals surface area contributed by atoms with E-state index < -0.39 is 5.41 Å². The van der Waals surface area contributed by atoms with Gasteiger partial charge in [-0.1, -0.05) is 36.9 Å². The molecule has 2 rings (SSSR count). The summed E-state index contributed by atoms with van der Waals surface area (Å²) in [6, 6.07) is 10.1. The normalized spacial score (nSPS) is 21.4. The SMILES string of the molecule is CC[C@@]1(CCC(=O)OC)CCC(Sc2ccccc2)=CC1=O. The van der Waals surface area contributed by atoms with Crippen molar-refractivity contribution < 1.29 is 14.3 Å². The number of methoxy groups -OCH3 is 1. The standard InChI is InChI=1S/C18H22O3S/c1-3-18(12-10-17(20)21-2)11-9-15(13-16(18)19)22-14-7-5-4-6-8-14/h4-8,13H,3,9-12H2,1-2H3/t18-/m0/s1. The Bertz CT molecular complexity index is 565. The monoisotopic (exact) mass is 318 g/mol. The Morgan fingerprint density at radius 2 is 2.05 bits per heavy atom. The van der Waals surface area contributed by atoms with Gasteiger partial charge in [-0.05, 0) is 48.8 Å². The Kier molecular flexibility index (Phi) is 5.83. The topological polar surface area (TPSA) is 43.4 Å². The molecule has 0 saturated carbocycles. The van der Waals surface area contributed by atoms with Gasteiger partial charge in [0.25, 0.3) is 0 Å². The number of ketones is 1. The first-order chi connectivity index (χ1) is 10.6. The highest BCUT2D eigenvalue weighted by atomic mass is 32.2. The molecular weight excluding hydrogens is 296 g/mol. The summed E-state index contributed by atoms with van der Waals surface area (Å²) in [6.45, 7) is 2.03. The number of carbonyl (C=O) groups is 2. The number of ether oxygens (including phenoxy) is 1. The van der Waals surface area contributed by atoms with Crippen molar-refractivity contribution in [1.82, 2.24) is 0 Å². The van der Waals surface area contributed by atoms with E-state index in [-0.39, 0.29) is 11.8 Å². The molecule has 0 radical (unpaired) electrons. The van der Waals surface area contributed by atoms with Gasteiger partial charge in [0.15, 0.2) is 5.78 Å². The summed E-state index contributed by atoms with van der Waals surface area (Å²) < 4.78 is 4.70. The molecule has 1 aromatic carbocycles. The quantitative estimate of drug-likeness (QED) is 0.730. The summed E-state index contributed by atoms with van der Waals surface area (Å²) in [6.07, 6.45) is 5.13. The number of hydrogen-bond acceptors (Lipinski definition) is 4. The van der Waals surface area contributed by atoms with E-state index in [1.807, 2.05) is 25.1 Å². The number of esters is 1. The average molecular weight is 318 g/mol. The van der Waals surface area contributed by atoms with Crippen LogP contribution in [0.15, 0.2) is 46.2 Å². The minimum absolute atomic E-state index is 0.156. The predicted molar refractivity (Wildman–Crippen MR) is 88.6 cm³/mol. The van der Waals surface area contributed by atoms with Gasteiger partial charge in [-0.15, -0.1) is 0 Å². The molecule has 118 valence electrons. The lowest BCUT2D eigenvalue weighted by molar-refractivity contribution is -0.141. The van der Waals surface area contributed by atoms with Gasteiger partial charge >= 0.3 is 5.97 Å². The van der Waals surface area contributed by atoms with Crippen molar-refractivity contribution in [2.45, 2.75) is 43.9 Å². The van der Waals surface area contributed by atoms with Crippen LogP contribution in [0.2, 0.25) is 0 Å². The van der Waals surface area contributed by atoms with Crippen molar-refractivity contribution in [1.29, 1.82) is 0 Å². The molecule has 0 aliphatic heterocycles. The van der Waals surface area contributed by atoms with Gasteiger partial charge in [0.2, 0.25) is 0 Å². The van der Waals surface area contributed by atoms with Crippen LogP contribution >= 0.6 is 11.8 Å². The molecule has 0 N–H and O–H groups in total. The molecule has 0 heterocycles. The summed E-state index contributed by atoms with van der Waals surface area (Å²) in [5.41, 5.74) is -0.394. The number of carbonyl (C=O) groups excluding carboxylic acids is 2. The number of thioether (sulfide) groups is 1. The second kappa shape index (κ2) is 7.63. The maximum absolute atomic E-state index is 12.6. The summed E-state index contributed by atoms with van der Waals surface area (Å²) in [5.74, 6) is -0.0855. The number of rotatable bonds is 6. The van der Waals surface area contributed by atoms with E-state index in [0.29, 0.717) is 12.8 Å². The van der Waals surface area contributed by atoms with E-state index in [1.54, 1.807) is 17.8 Å². The Hall–Kier alpha value is -1.55. The van der Waals surface area contributed by atoms with Gasteiger partial charge in [-0.25, -0.2) is 0 Å². The molecule has 1 aromatic rings. The van der Waals surface area contributed by atoms with Crippen molar-refractivity contribution in [3.8, 4) is 0 Å². The van der Waals surface area contributed by atoms with Crippen LogP contribution < -0.4 is 0 Å². The molecule has 1 aliphatic carbocycles. The summed E-state index contributed by atoms with van der Waals surface area (Å²) >= 11 is 1.66. The smallest absolute Gasteiger partial charge is 0.305 e. The van der Waals surface area contributed by atoms with Crippen molar-refractivity contribution in [3.05, 3.63) is 41.3 Å². The van der Waals surface area contributed by atoms with Crippen LogP contribution in [0, 0.1) is 5.41 Å². The van der Waals surface area contributed by atoms with Crippen LogP contribution in [-0.2, 0) is 14.3 Å². The average Bonchev–Trinajstić information content (AvgIpc) is 2.55. The second-order valence-electron chi connectivity index (χ2n) is 5.60. The van der Waals surface area contributed by atoms with Crippen LogP contribution in [0.4, 0.5) is 0 Å². The van der Waals surface area contributed by atoms with E-state index in [4.69, 9.17) is 4.74 Å². The van der Waals surface area contributed by atoms with Crippen LogP contribution in [0.25, 0.3) is 0 Å². The molecule has 0 fully saturated rings. The van der Waals surface area contributed by atoms with Crippen LogP contribution in [0.1, 0.15) is 39.0 Å². The minimum atomic E-state index is -0.394. The fourth-order valence-corrected chi connectivity index (χ4v) is 3.76. The third-order valence-corrected chi connectivity index (χ3v) is 5.46. The molecule has 3 nitrogen and oxygen atoms in total. The fraction of sp³-hybridized carbons (Fsp3) is 0.444. The molecule has 0 aromatic heterocycles. The van der Waals surface area contributed by atoms with E-state index in [2.05, 4.69) is 12.1 Å². The van der Waals surface area contributed by atoms with Gasteiger partial charge in [0.1, 0.15) is 0 Å². The highest BCUT2D eigenvalue weighted by Gasteiger charge is 2.38. The number of benzene rings is 1. The molecule has 0 amide bonds. The Morgan fingerprint density at radius 3 is 2.64 bits per heavy atom. The first-order valence-corrected chi connectivity index (χ1v) is 8.46. The van der Waals surface area contributed by atoms with E-state index in [9.17, 15) is 9.59 Å². The predicted octanol–water partition coefficient (Wildman–Crippen LogP) is 4.38. The molecule has 0 unspecified atom stereocenters. The zero-order chi connectivity index (χ0) is 16.0. The summed E-state index contributed by atoms with van der Waals surface area (Å²) in [5, 5.41) is 0. The molecule has 1 atom stereocenters. The lowest BCUT2D eigenvalue weighted by atomic mass is 9.71. The first-order valence-electron chi connectivity index (χ1n) is 7.64. The lowest BCUT2D eigenvalue weighted by Crippen LogP contribution is -2.33. The van der Waals surface area contributed by atoms with Crippen LogP contribution in [0.5, 0.6) is 0 Å². The van der Waals surface area contributed by atoms with Crippen LogP contribution in [-0.4, -0.2) is 18.9 Å². The van der Waals surface area contributed by atoms with E-state index in [1.165, 1.54) is 7.11 Å². The van der Waals surface area contributed by atoms with Crippen molar-refractivity contribution in [2.75, 3.05) is 7.11 Å². The van der Waals surface area contributed by atoms with Gasteiger partial charge in [-0.2, -0.15) is 0 Å². The summed E-state index contributed by atoms with van der Waals surface area (Å²) in [4.78, 5) is 26.2. The second-order valence-corrected chi connectivity index (χ2v) is 6.80. The number of hydrogen-bond donors (Lipinski definition) is 0. The molecule has 0 bridgehead atoms. The highest BCUT2D eigenvalue weighted by molar-refractivity contribution is 8.03. The molecular formula is C18H22O3S. The zero-order valence-corrected chi connectivity index (χ0v) is 13.9. The fourth-order valence-electron chi connectivity index (χ4n) is 2.80. The van der Waals surface area contributed by atoms with Crippen molar-refractivity contribution in [3.63, 3.8) is 0 Å². The Balaban J connectivity index is 2.06. The van der Waals surface area contributed by atoms with Gasteiger partial charge in [0.05, 0.1) is 7.11 Å². The third-order valence-electron chi connectivity index (χ3n) is 4.37. The Labute approximate surface area is 136 Å². The van der Waals surface area contributed by atoms with E-state index >= 15 is 0 Å². The molecule has 1 aliphatic rings. The zero-order valence-electron chi connectivity index (χ0n) is 13.1. The largest absolute Gasteiger partial charge is 0.469 e. The maximum Gasteiger partial charge on any atom is 0.305 e. The van der Waals surface area contributed by atoms with Gasteiger partial charge < -0.3 is 4.74 Å². The lowest BCUT2D eigenvalue weighted by Gasteiger charge is -2.33. The van der Waals surface area contributed by atoms with E-state index in [0.717, 1.165) is 29.1 Å². The first kappa shape index (κ1) is 16.8. The maximum atomic E-state index is 12.6. The molecule has 22 heavy (non-hydrogen) atoms. The van der Waals surface area contributed by atoms with Crippen LogP contribution in [0.3, 0.4) is 0 Å². The highest BCUT2D eigenvalue weighted by Crippen LogP contribution is 2.43. The third kappa shape index (κ3) is 4.01. The van der Waals surface area contributed by atoms with Crippen molar-refractivity contribution in [2.24, 2.45) is 5.41 Å². The summed E-state index contributed by atoms with van der Waals surface area (Å²) in [7, 11) is 1.39. The van der Waals surface area contributed by atoms with Crippen molar-refractivity contribution >= 4 is 23.5 Å². The minimum Gasteiger partial charge on any atom is -0.469 e. The van der Waals surface area contributed by atoms with Gasteiger partial charge in [-0.3, -0.25) is 9.59 Å².